The van der Waals surface area contributed by atoms with Gasteiger partial charge < -0.3 is 10.0 Å². The molecular weight excluding hydrogens is 334 g/mol. The Morgan fingerprint density at radius 2 is 1.88 bits per heavy atom. The molecule has 1 aliphatic heterocycles. The number of pyridine rings is 1. The Kier molecular flexibility index (Phi) is 4.52. The Balaban J connectivity index is 1.69. The highest BCUT2D eigenvalue weighted by Gasteiger charge is 2.18. The molecule has 0 saturated carbocycles. The number of piperidine rings is 1. The minimum Gasteiger partial charge on any atom is -0.393 e. The quantitative estimate of drug-likeness (QED) is 0.700. The average molecular weight is 353 g/mol. The number of nitrogens with two attached hydrogens (primary N) is 1. The number of nitrogens with zero attached hydrogens (tertiary/aromatic N) is 4. The fourth-order valence-electron chi connectivity index (χ4n) is 3.07. The number of rotatable bonds is 3. The zero-order chi connectivity index (χ0) is 17.2. The fraction of sp³-hybridized carbons (Fsp3) is 0.278. The van der Waals surface area contributed by atoms with Crippen molar-refractivity contribution in [1.82, 2.24) is 15.0 Å². The van der Waals surface area contributed by atoms with Gasteiger partial charge in [-0.1, -0.05) is 6.07 Å². The third-order valence-corrected chi connectivity index (χ3v) is 5.00. The highest BCUT2D eigenvalue weighted by molar-refractivity contribution is 7.97. The van der Waals surface area contributed by atoms with Gasteiger partial charge in [-0.15, -0.1) is 0 Å². The molecule has 128 valence electrons. The van der Waals surface area contributed by atoms with Gasteiger partial charge in [0.2, 0.25) is 0 Å². The van der Waals surface area contributed by atoms with Crippen molar-refractivity contribution in [1.29, 1.82) is 0 Å². The maximum Gasteiger partial charge on any atom is 0.147 e. The van der Waals surface area contributed by atoms with Crippen LogP contribution in [0.4, 0.5) is 5.82 Å². The minimum absolute atomic E-state index is 0.198. The van der Waals surface area contributed by atoms with Gasteiger partial charge in [0.25, 0.3) is 0 Å². The smallest absolute Gasteiger partial charge is 0.147 e. The van der Waals surface area contributed by atoms with Crippen molar-refractivity contribution < 1.29 is 5.11 Å². The molecule has 0 aliphatic carbocycles. The number of aromatic nitrogens is 3. The first kappa shape index (κ1) is 16.3. The molecule has 1 fully saturated rings. The Morgan fingerprint density at radius 1 is 1.04 bits per heavy atom. The molecule has 3 heterocycles. The van der Waals surface area contributed by atoms with Crippen LogP contribution in [0.25, 0.3) is 22.2 Å². The average Bonchev–Trinajstić information content (AvgIpc) is 2.68. The van der Waals surface area contributed by atoms with Gasteiger partial charge in [0, 0.05) is 35.9 Å². The lowest BCUT2D eigenvalue weighted by Gasteiger charge is -2.30. The summed E-state index contributed by atoms with van der Waals surface area (Å²) in [5.74, 6) is 0.862. The van der Waals surface area contributed by atoms with E-state index in [-0.39, 0.29) is 6.10 Å². The van der Waals surface area contributed by atoms with Crippen molar-refractivity contribution in [3.8, 4) is 11.1 Å². The van der Waals surface area contributed by atoms with E-state index in [1.807, 2.05) is 36.7 Å². The number of fused-ring (bicyclic) bond motifs is 1. The Hall–Kier alpha value is -2.22. The zero-order valence-electron chi connectivity index (χ0n) is 13.7. The van der Waals surface area contributed by atoms with Gasteiger partial charge in [-0.3, -0.25) is 15.1 Å². The molecule has 3 N–H and O–H groups in total. The van der Waals surface area contributed by atoms with Crippen LogP contribution in [0, 0.1) is 0 Å². The summed E-state index contributed by atoms with van der Waals surface area (Å²) in [6.07, 6.45) is 6.73. The van der Waals surface area contributed by atoms with E-state index in [4.69, 9.17) is 10.1 Å². The van der Waals surface area contributed by atoms with Crippen LogP contribution in [0.15, 0.2) is 47.8 Å². The van der Waals surface area contributed by atoms with E-state index in [1.54, 1.807) is 6.20 Å². The summed E-state index contributed by atoms with van der Waals surface area (Å²) in [5.41, 5.74) is 3.76. The van der Waals surface area contributed by atoms with Gasteiger partial charge in [0.1, 0.15) is 5.82 Å². The van der Waals surface area contributed by atoms with E-state index in [2.05, 4.69) is 14.9 Å². The minimum atomic E-state index is -0.198. The lowest BCUT2D eigenvalue weighted by molar-refractivity contribution is 0.145. The van der Waals surface area contributed by atoms with Crippen LogP contribution in [-0.2, 0) is 0 Å². The summed E-state index contributed by atoms with van der Waals surface area (Å²) >= 11 is 1.19. The molecule has 1 aromatic carbocycles. The Morgan fingerprint density at radius 3 is 2.68 bits per heavy atom. The molecule has 25 heavy (non-hydrogen) atoms. The molecule has 6 nitrogen and oxygen atoms in total. The highest BCUT2D eigenvalue weighted by Crippen LogP contribution is 2.26. The van der Waals surface area contributed by atoms with Crippen LogP contribution in [0.5, 0.6) is 0 Å². The molecule has 7 heteroatoms. The standard InChI is InChI=1S/C18H19N5OS/c19-25-15-7-13(9-20-10-15)12-1-2-16-17(8-12)22-18(11-21-16)23-5-3-14(24)4-6-23/h1-2,7-11,14,24H,3-6,19H2. The second-order valence-electron chi connectivity index (χ2n) is 6.18. The van der Waals surface area contributed by atoms with Crippen molar-refractivity contribution in [3.05, 3.63) is 42.9 Å². The van der Waals surface area contributed by atoms with E-state index in [0.29, 0.717) is 0 Å². The van der Waals surface area contributed by atoms with E-state index < -0.39 is 0 Å². The second-order valence-corrected chi connectivity index (χ2v) is 6.88. The number of aliphatic hydroxyl groups is 1. The number of aliphatic hydroxyl groups excluding tert-OH is 1. The van der Waals surface area contributed by atoms with Crippen molar-refractivity contribution >= 4 is 28.8 Å². The summed E-state index contributed by atoms with van der Waals surface area (Å²) in [4.78, 5) is 16.7. The lowest BCUT2D eigenvalue weighted by Crippen LogP contribution is -2.36. The van der Waals surface area contributed by atoms with Crippen molar-refractivity contribution in [2.45, 2.75) is 23.8 Å². The monoisotopic (exact) mass is 353 g/mol. The lowest BCUT2D eigenvalue weighted by atomic mass is 10.1. The fourth-order valence-corrected chi connectivity index (χ4v) is 3.39. The number of hydrogen-bond donors (Lipinski definition) is 2. The summed E-state index contributed by atoms with van der Waals surface area (Å²) in [6, 6.07) is 8.05. The molecule has 0 atom stereocenters. The van der Waals surface area contributed by atoms with Crippen molar-refractivity contribution in [2.75, 3.05) is 18.0 Å². The Bertz CT molecular complexity index is 896. The van der Waals surface area contributed by atoms with Crippen molar-refractivity contribution in [3.63, 3.8) is 0 Å². The number of anilines is 1. The normalized spacial score (nSPS) is 15.7. The highest BCUT2D eigenvalue weighted by atomic mass is 32.2. The van der Waals surface area contributed by atoms with Crippen LogP contribution >= 0.6 is 11.9 Å². The van der Waals surface area contributed by atoms with Crippen LogP contribution < -0.4 is 10.0 Å². The molecule has 2 aromatic heterocycles. The van der Waals surface area contributed by atoms with E-state index in [0.717, 1.165) is 58.8 Å². The van der Waals surface area contributed by atoms with E-state index in [9.17, 15) is 5.11 Å². The maximum absolute atomic E-state index is 9.67. The Labute approximate surface area is 150 Å². The summed E-state index contributed by atoms with van der Waals surface area (Å²) in [7, 11) is 0. The molecule has 4 rings (SSSR count). The SMILES string of the molecule is NSc1cncc(-c2ccc3ncc(N4CCC(O)CC4)nc3c2)c1. The summed E-state index contributed by atoms with van der Waals surface area (Å²) < 4.78 is 0. The predicted octanol–water partition coefficient (Wildman–Crippen LogP) is 2.62. The van der Waals surface area contributed by atoms with Crippen LogP contribution in [0.1, 0.15) is 12.8 Å². The predicted molar refractivity (Wildman–Crippen MR) is 100 cm³/mol. The molecule has 0 radical (unpaired) electrons. The molecular formula is C18H19N5OS. The van der Waals surface area contributed by atoms with E-state index in [1.165, 1.54) is 11.9 Å². The first-order valence-corrected chi connectivity index (χ1v) is 9.13. The van der Waals surface area contributed by atoms with Gasteiger partial charge >= 0.3 is 0 Å². The summed E-state index contributed by atoms with van der Waals surface area (Å²) in [5, 5.41) is 15.3. The molecule has 3 aromatic rings. The largest absolute Gasteiger partial charge is 0.393 e. The summed E-state index contributed by atoms with van der Waals surface area (Å²) in [6.45, 7) is 1.61. The first-order chi connectivity index (χ1) is 12.2. The molecule has 1 aliphatic rings. The third kappa shape index (κ3) is 3.44. The van der Waals surface area contributed by atoms with Crippen LogP contribution in [0.2, 0.25) is 0 Å². The van der Waals surface area contributed by atoms with Gasteiger partial charge in [0.05, 0.1) is 23.3 Å². The van der Waals surface area contributed by atoms with Crippen LogP contribution in [0.3, 0.4) is 0 Å². The van der Waals surface area contributed by atoms with Gasteiger partial charge in [-0.2, -0.15) is 0 Å². The number of hydrogen-bond acceptors (Lipinski definition) is 7. The maximum atomic E-state index is 9.67. The molecule has 1 saturated heterocycles. The zero-order valence-corrected chi connectivity index (χ0v) is 14.5. The van der Waals surface area contributed by atoms with Gasteiger partial charge in [-0.25, -0.2) is 4.98 Å². The molecule has 0 bridgehead atoms. The molecule has 0 spiro atoms. The topological polar surface area (TPSA) is 88.2 Å². The third-order valence-electron chi connectivity index (χ3n) is 4.50. The van der Waals surface area contributed by atoms with Crippen molar-refractivity contribution in [2.24, 2.45) is 5.14 Å². The molecule has 0 amide bonds. The van der Waals surface area contributed by atoms with Gasteiger partial charge in [0.15, 0.2) is 0 Å². The van der Waals surface area contributed by atoms with Crippen LogP contribution in [-0.4, -0.2) is 39.3 Å². The first-order valence-electron chi connectivity index (χ1n) is 8.25. The molecule has 0 unspecified atom stereocenters. The number of benzene rings is 1. The second kappa shape index (κ2) is 6.95. The van der Waals surface area contributed by atoms with Gasteiger partial charge in [-0.05, 0) is 48.6 Å². The van der Waals surface area contributed by atoms with E-state index >= 15 is 0 Å².